The highest BCUT2D eigenvalue weighted by Gasteiger charge is 2.18. The molecule has 1 amide bonds. The normalized spacial score (nSPS) is 11.0. The number of sulfone groups is 1. The third-order valence-electron chi connectivity index (χ3n) is 2.48. The molecule has 1 rings (SSSR count). The summed E-state index contributed by atoms with van der Waals surface area (Å²) in [5.74, 6) is -3.39. The summed E-state index contributed by atoms with van der Waals surface area (Å²) < 4.78 is 40.5. The van der Waals surface area contributed by atoms with Crippen molar-refractivity contribution in [3.05, 3.63) is 24.0 Å². The summed E-state index contributed by atoms with van der Waals surface area (Å²) in [5.41, 5.74) is 5.34. The molecule has 9 heteroatoms. The van der Waals surface area contributed by atoms with Gasteiger partial charge in [-0.05, 0) is 18.2 Å². The van der Waals surface area contributed by atoms with Crippen molar-refractivity contribution in [2.75, 3.05) is 29.7 Å². The molecular weight excluding hydrogens is 303 g/mol. The van der Waals surface area contributed by atoms with Crippen LogP contribution in [0, 0.1) is 5.82 Å². The number of esters is 1. The second kappa shape index (κ2) is 7.02. The van der Waals surface area contributed by atoms with E-state index in [2.05, 4.69) is 10.1 Å². The number of ether oxygens (including phenoxy) is 1. The predicted molar refractivity (Wildman–Crippen MR) is 74.7 cm³/mol. The largest absolute Gasteiger partial charge is 0.469 e. The van der Waals surface area contributed by atoms with Crippen molar-refractivity contribution in [2.24, 2.45) is 0 Å². The molecule has 0 saturated carbocycles. The fourth-order valence-electron chi connectivity index (χ4n) is 1.43. The van der Waals surface area contributed by atoms with Gasteiger partial charge in [0.25, 0.3) is 0 Å². The molecule has 3 N–H and O–H groups in total. The highest BCUT2D eigenvalue weighted by atomic mass is 32.2. The molecule has 0 saturated heterocycles. The van der Waals surface area contributed by atoms with Gasteiger partial charge < -0.3 is 15.8 Å². The Hall–Kier alpha value is -2.16. The first kappa shape index (κ1) is 16.9. The Balaban J connectivity index is 2.60. The van der Waals surface area contributed by atoms with Crippen molar-refractivity contribution in [3.63, 3.8) is 0 Å². The van der Waals surface area contributed by atoms with Gasteiger partial charge in [0.15, 0.2) is 9.84 Å². The van der Waals surface area contributed by atoms with Crippen LogP contribution < -0.4 is 11.1 Å². The van der Waals surface area contributed by atoms with Gasteiger partial charge in [-0.2, -0.15) is 0 Å². The first-order chi connectivity index (χ1) is 9.73. The molecule has 0 aliphatic heterocycles. The number of benzene rings is 1. The van der Waals surface area contributed by atoms with Crippen molar-refractivity contribution >= 4 is 33.1 Å². The van der Waals surface area contributed by atoms with Gasteiger partial charge in [-0.15, -0.1) is 0 Å². The average molecular weight is 318 g/mol. The van der Waals surface area contributed by atoms with E-state index in [9.17, 15) is 22.4 Å². The van der Waals surface area contributed by atoms with Crippen molar-refractivity contribution in [1.29, 1.82) is 0 Å². The molecule has 0 radical (unpaired) electrons. The molecule has 1 aromatic rings. The van der Waals surface area contributed by atoms with Gasteiger partial charge in [-0.1, -0.05) is 0 Å². The molecule has 21 heavy (non-hydrogen) atoms. The van der Waals surface area contributed by atoms with Crippen LogP contribution in [0.3, 0.4) is 0 Å². The smallest absolute Gasteiger partial charge is 0.306 e. The molecule has 0 heterocycles. The molecular formula is C12H15FN2O5S. The lowest BCUT2D eigenvalue weighted by Gasteiger charge is -2.07. The van der Waals surface area contributed by atoms with Crippen LogP contribution in [0.15, 0.2) is 18.2 Å². The summed E-state index contributed by atoms with van der Waals surface area (Å²) in [6, 6.07) is 3.48. The zero-order valence-corrected chi connectivity index (χ0v) is 12.1. The Morgan fingerprint density at radius 1 is 1.38 bits per heavy atom. The SMILES string of the molecule is COC(=O)CCS(=O)(=O)CC(=O)Nc1ccc(F)c(N)c1. The number of carbonyl (C=O) groups is 2. The van der Waals surface area contributed by atoms with Crippen LogP contribution in [0.4, 0.5) is 15.8 Å². The molecule has 0 spiro atoms. The summed E-state index contributed by atoms with van der Waals surface area (Å²) in [6.07, 6.45) is -0.324. The zero-order chi connectivity index (χ0) is 16.0. The Morgan fingerprint density at radius 2 is 2.05 bits per heavy atom. The van der Waals surface area contributed by atoms with Crippen LogP contribution in [0.2, 0.25) is 0 Å². The molecule has 1 aromatic carbocycles. The predicted octanol–water partition coefficient (Wildman–Crippen LogP) is 0.324. The Kier molecular flexibility index (Phi) is 5.65. The lowest BCUT2D eigenvalue weighted by atomic mass is 10.2. The quantitative estimate of drug-likeness (QED) is 0.576. The minimum atomic E-state index is -3.74. The maximum Gasteiger partial charge on any atom is 0.306 e. The van der Waals surface area contributed by atoms with Gasteiger partial charge >= 0.3 is 5.97 Å². The van der Waals surface area contributed by atoms with Crippen molar-refractivity contribution in [1.82, 2.24) is 0 Å². The zero-order valence-electron chi connectivity index (χ0n) is 11.3. The van der Waals surface area contributed by atoms with E-state index in [-0.39, 0.29) is 17.8 Å². The third-order valence-corrected chi connectivity index (χ3v) is 4.00. The number of hydrogen-bond donors (Lipinski definition) is 2. The van der Waals surface area contributed by atoms with Gasteiger partial charge in [0.05, 0.1) is 25.0 Å². The summed E-state index contributed by atoms with van der Waals surface area (Å²) >= 11 is 0. The number of amides is 1. The third kappa shape index (κ3) is 5.78. The minimum absolute atomic E-state index is 0.165. The van der Waals surface area contributed by atoms with Gasteiger partial charge in [0, 0.05) is 5.69 Å². The van der Waals surface area contributed by atoms with Crippen LogP contribution in [0.5, 0.6) is 0 Å². The molecule has 0 unspecified atom stereocenters. The van der Waals surface area contributed by atoms with E-state index in [1.54, 1.807) is 0 Å². The number of hydrogen-bond acceptors (Lipinski definition) is 6. The van der Waals surface area contributed by atoms with E-state index in [1.807, 2.05) is 0 Å². The van der Waals surface area contributed by atoms with E-state index in [0.717, 1.165) is 13.2 Å². The van der Waals surface area contributed by atoms with Crippen molar-refractivity contribution in [2.45, 2.75) is 6.42 Å². The van der Waals surface area contributed by atoms with Crippen LogP contribution >= 0.6 is 0 Å². The summed E-state index contributed by atoms with van der Waals surface area (Å²) in [5, 5.41) is 2.29. The van der Waals surface area contributed by atoms with Gasteiger partial charge in [-0.25, -0.2) is 12.8 Å². The molecule has 0 aromatic heterocycles. The molecule has 116 valence electrons. The van der Waals surface area contributed by atoms with Crippen molar-refractivity contribution < 1.29 is 27.1 Å². The highest BCUT2D eigenvalue weighted by molar-refractivity contribution is 7.92. The summed E-state index contributed by atoms with van der Waals surface area (Å²) in [6.45, 7) is 0. The fourth-order valence-corrected chi connectivity index (χ4v) is 2.53. The number of nitrogens with one attached hydrogen (secondary N) is 1. The van der Waals surface area contributed by atoms with E-state index in [1.165, 1.54) is 12.1 Å². The average Bonchev–Trinajstić information content (AvgIpc) is 2.39. The maximum absolute atomic E-state index is 12.9. The first-order valence-corrected chi connectivity index (χ1v) is 7.68. The molecule has 0 atom stereocenters. The van der Waals surface area contributed by atoms with Gasteiger partial charge in [-0.3, -0.25) is 9.59 Å². The number of nitrogen functional groups attached to an aromatic ring is 1. The lowest BCUT2D eigenvalue weighted by Crippen LogP contribution is -2.25. The van der Waals surface area contributed by atoms with E-state index < -0.39 is 39.0 Å². The Morgan fingerprint density at radius 3 is 2.62 bits per heavy atom. The number of rotatable bonds is 6. The second-order valence-electron chi connectivity index (χ2n) is 4.20. The van der Waals surface area contributed by atoms with E-state index in [0.29, 0.717) is 0 Å². The number of nitrogens with two attached hydrogens (primary N) is 1. The van der Waals surface area contributed by atoms with E-state index >= 15 is 0 Å². The number of anilines is 2. The topological polar surface area (TPSA) is 116 Å². The monoisotopic (exact) mass is 318 g/mol. The van der Waals surface area contributed by atoms with E-state index in [4.69, 9.17) is 5.73 Å². The van der Waals surface area contributed by atoms with Crippen molar-refractivity contribution in [3.8, 4) is 0 Å². The summed E-state index contributed by atoms with van der Waals surface area (Å²) in [7, 11) is -2.60. The molecule has 7 nitrogen and oxygen atoms in total. The number of halogens is 1. The van der Waals surface area contributed by atoms with Crippen LogP contribution in [0.1, 0.15) is 6.42 Å². The van der Waals surface area contributed by atoms with Crippen LogP contribution in [-0.2, 0) is 24.2 Å². The molecule has 0 fully saturated rings. The maximum atomic E-state index is 12.9. The van der Waals surface area contributed by atoms with Gasteiger partial charge in [0.2, 0.25) is 5.91 Å². The molecule has 0 bridgehead atoms. The van der Waals surface area contributed by atoms with Crippen LogP contribution in [-0.4, -0.2) is 38.9 Å². The number of carbonyl (C=O) groups excluding carboxylic acids is 2. The van der Waals surface area contributed by atoms with Crippen LogP contribution in [0.25, 0.3) is 0 Å². The molecule has 0 aliphatic rings. The minimum Gasteiger partial charge on any atom is -0.469 e. The standard InChI is InChI=1S/C12H15FN2O5S/c1-20-12(17)4-5-21(18,19)7-11(16)15-8-2-3-9(13)10(14)6-8/h2-3,6H,4-5,7,14H2,1H3,(H,15,16). The first-order valence-electron chi connectivity index (χ1n) is 5.85. The fraction of sp³-hybridized carbons (Fsp3) is 0.333. The number of methoxy groups -OCH3 is 1. The Bertz CT molecular complexity index is 645. The Labute approximate surface area is 121 Å². The lowest BCUT2D eigenvalue weighted by molar-refractivity contribution is -0.140. The second-order valence-corrected chi connectivity index (χ2v) is 6.39. The highest BCUT2D eigenvalue weighted by Crippen LogP contribution is 2.16. The molecule has 0 aliphatic carbocycles. The summed E-state index contributed by atoms with van der Waals surface area (Å²) in [4.78, 5) is 22.5. The van der Waals surface area contributed by atoms with Gasteiger partial charge in [0.1, 0.15) is 11.6 Å².